The second-order valence-corrected chi connectivity index (χ2v) is 5.90. The van der Waals surface area contributed by atoms with Gasteiger partial charge in [-0.3, -0.25) is 0 Å². The molecule has 0 bridgehead atoms. The molecule has 1 fully saturated rings. The average molecular weight is 279 g/mol. The molecule has 1 aliphatic heterocycles. The third kappa shape index (κ3) is 2.55. The largest absolute Gasteiger partial charge is 0.369 e. The van der Waals surface area contributed by atoms with E-state index in [4.69, 9.17) is 17.3 Å². The van der Waals surface area contributed by atoms with Crippen molar-refractivity contribution in [2.75, 3.05) is 25.9 Å². The molecule has 0 amide bonds. The SMILES string of the molecule is CN1CCC(Cn2c(N)nc3ccc(Cl)cc32)CC1. The fourth-order valence-electron chi connectivity index (χ4n) is 2.81. The Morgan fingerprint density at radius 3 is 2.84 bits per heavy atom. The third-order valence-corrected chi connectivity index (χ3v) is 4.25. The van der Waals surface area contributed by atoms with Crippen LogP contribution in [-0.2, 0) is 6.54 Å². The molecule has 19 heavy (non-hydrogen) atoms. The van der Waals surface area contributed by atoms with Gasteiger partial charge in [-0.2, -0.15) is 0 Å². The lowest BCUT2D eigenvalue weighted by Gasteiger charge is -2.29. The van der Waals surface area contributed by atoms with E-state index in [2.05, 4.69) is 21.5 Å². The number of anilines is 1. The van der Waals surface area contributed by atoms with Crippen molar-refractivity contribution in [2.24, 2.45) is 5.92 Å². The molecule has 0 unspecified atom stereocenters. The lowest BCUT2D eigenvalue weighted by Crippen LogP contribution is -2.32. The Morgan fingerprint density at radius 2 is 2.11 bits per heavy atom. The second-order valence-electron chi connectivity index (χ2n) is 5.46. The van der Waals surface area contributed by atoms with Crippen molar-refractivity contribution in [3.8, 4) is 0 Å². The molecule has 0 radical (unpaired) electrons. The van der Waals surface area contributed by atoms with Gasteiger partial charge < -0.3 is 15.2 Å². The smallest absolute Gasteiger partial charge is 0.201 e. The molecule has 0 saturated carbocycles. The molecule has 5 heteroatoms. The van der Waals surface area contributed by atoms with Gasteiger partial charge in [0.15, 0.2) is 0 Å². The first-order chi connectivity index (χ1) is 9.13. The summed E-state index contributed by atoms with van der Waals surface area (Å²) in [7, 11) is 2.18. The van der Waals surface area contributed by atoms with Crippen LogP contribution in [0.4, 0.5) is 5.95 Å². The molecule has 0 spiro atoms. The number of aromatic nitrogens is 2. The van der Waals surface area contributed by atoms with Gasteiger partial charge in [-0.15, -0.1) is 0 Å². The molecule has 1 aromatic heterocycles. The number of hydrogen-bond acceptors (Lipinski definition) is 3. The molecule has 2 N–H and O–H groups in total. The first-order valence-corrected chi connectivity index (χ1v) is 7.11. The highest BCUT2D eigenvalue weighted by Crippen LogP contribution is 2.25. The second kappa shape index (κ2) is 5.02. The fraction of sp³-hybridized carbons (Fsp3) is 0.500. The van der Waals surface area contributed by atoms with Gasteiger partial charge in [-0.1, -0.05) is 11.6 Å². The van der Waals surface area contributed by atoms with Crippen LogP contribution in [0.15, 0.2) is 18.2 Å². The van der Waals surface area contributed by atoms with Crippen molar-refractivity contribution in [1.82, 2.24) is 14.5 Å². The number of piperidine rings is 1. The fourth-order valence-corrected chi connectivity index (χ4v) is 2.98. The van der Waals surface area contributed by atoms with Gasteiger partial charge in [0.05, 0.1) is 11.0 Å². The monoisotopic (exact) mass is 278 g/mol. The van der Waals surface area contributed by atoms with Crippen LogP contribution >= 0.6 is 11.6 Å². The number of hydrogen-bond donors (Lipinski definition) is 1. The first kappa shape index (κ1) is 12.8. The summed E-state index contributed by atoms with van der Waals surface area (Å²) >= 11 is 6.07. The zero-order valence-corrected chi connectivity index (χ0v) is 11.9. The van der Waals surface area contributed by atoms with Crippen LogP contribution in [0.5, 0.6) is 0 Å². The van der Waals surface area contributed by atoms with Gasteiger partial charge in [-0.05, 0) is 57.1 Å². The highest BCUT2D eigenvalue weighted by Gasteiger charge is 2.19. The molecule has 102 valence electrons. The Bertz CT molecular complexity index is 584. The normalized spacial score (nSPS) is 18.2. The van der Waals surface area contributed by atoms with E-state index in [0.717, 1.165) is 35.7 Å². The Kier molecular flexibility index (Phi) is 3.37. The Morgan fingerprint density at radius 1 is 1.37 bits per heavy atom. The van der Waals surface area contributed by atoms with Crippen molar-refractivity contribution in [2.45, 2.75) is 19.4 Å². The number of benzene rings is 1. The Labute approximate surface area is 118 Å². The summed E-state index contributed by atoms with van der Waals surface area (Å²) in [5.41, 5.74) is 8.02. The van der Waals surface area contributed by atoms with Crippen LogP contribution in [0, 0.1) is 5.92 Å². The lowest BCUT2D eigenvalue weighted by molar-refractivity contribution is 0.206. The van der Waals surface area contributed by atoms with E-state index >= 15 is 0 Å². The van der Waals surface area contributed by atoms with Gasteiger partial charge >= 0.3 is 0 Å². The van der Waals surface area contributed by atoms with E-state index in [9.17, 15) is 0 Å². The van der Waals surface area contributed by atoms with E-state index in [1.165, 1.54) is 12.8 Å². The molecule has 1 saturated heterocycles. The minimum absolute atomic E-state index is 0.594. The molecule has 0 aliphatic carbocycles. The Balaban J connectivity index is 1.87. The third-order valence-electron chi connectivity index (χ3n) is 4.02. The van der Waals surface area contributed by atoms with Crippen molar-refractivity contribution >= 4 is 28.6 Å². The van der Waals surface area contributed by atoms with Crippen LogP contribution in [0.2, 0.25) is 5.02 Å². The van der Waals surface area contributed by atoms with Crippen LogP contribution in [0.25, 0.3) is 11.0 Å². The highest BCUT2D eigenvalue weighted by molar-refractivity contribution is 6.31. The summed E-state index contributed by atoms with van der Waals surface area (Å²) in [6, 6.07) is 5.74. The van der Waals surface area contributed by atoms with Crippen molar-refractivity contribution in [1.29, 1.82) is 0 Å². The van der Waals surface area contributed by atoms with Crippen molar-refractivity contribution in [3.63, 3.8) is 0 Å². The van der Waals surface area contributed by atoms with Crippen LogP contribution < -0.4 is 5.73 Å². The molecule has 3 rings (SSSR count). The molecular formula is C14H19ClN4. The molecule has 1 aromatic carbocycles. The van der Waals surface area contributed by atoms with E-state index < -0.39 is 0 Å². The number of rotatable bonds is 2. The van der Waals surface area contributed by atoms with Crippen molar-refractivity contribution in [3.05, 3.63) is 23.2 Å². The van der Waals surface area contributed by atoms with Crippen LogP contribution in [-0.4, -0.2) is 34.6 Å². The number of nitrogen functional groups attached to an aromatic ring is 1. The van der Waals surface area contributed by atoms with E-state index in [-0.39, 0.29) is 0 Å². The van der Waals surface area contributed by atoms with E-state index in [1.807, 2.05) is 18.2 Å². The molecule has 2 heterocycles. The van der Waals surface area contributed by atoms with E-state index in [1.54, 1.807) is 0 Å². The zero-order valence-electron chi connectivity index (χ0n) is 11.1. The van der Waals surface area contributed by atoms with Crippen molar-refractivity contribution < 1.29 is 0 Å². The maximum atomic E-state index is 6.07. The molecule has 0 atom stereocenters. The summed E-state index contributed by atoms with van der Waals surface area (Å²) in [5, 5.41) is 0.733. The lowest BCUT2D eigenvalue weighted by atomic mass is 9.97. The standard InChI is InChI=1S/C14H19ClN4/c1-18-6-4-10(5-7-18)9-19-13-8-11(15)2-3-12(13)17-14(19)16/h2-3,8,10H,4-7,9H2,1H3,(H2,16,17). The zero-order chi connectivity index (χ0) is 13.4. The maximum Gasteiger partial charge on any atom is 0.201 e. The molecule has 4 nitrogen and oxygen atoms in total. The predicted molar refractivity (Wildman–Crippen MR) is 79.4 cm³/mol. The minimum atomic E-state index is 0.594. The number of fused-ring (bicyclic) bond motifs is 1. The number of nitrogens with two attached hydrogens (primary N) is 1. The van der Waals surface area contributed by atoms with Crippen LogP contribution in [0.3, 0.4) is 0 Å². The summed E-state index contributed by atoms with van der Waals surface area (Å²) in [5.74, 6) is 1.27. The van der Waals surface area contributed by atoms with Gasteiger partial charge in [0.2, 0.25) is 5.95 Å². The van der Waals surface area contributed by atoms with E-state index in [0.29, 0.717) is 11.9 Å². The molecule has 2 aromatic rings. The Hall–Kier alpha value is -1.26. The topological polar surface area (TPSA) is 47.1 Å². The highest BCUT2D eigenvalue weighted by atomic mass is 35.5. The summed E-state index contributed by atoms with van der Waals surface area (Å²) in [6.07, 6.45) is 2.44. The van der Waals surface area contributed by atoms with Crippen LogP contribution in [0.1, 0.15) is 12.8 Å². The number of nitrogens with zero attached hydrogens (tertiary/aromatic N) is 3. The van der Waals surface area contributed by atoms with Gasteiger partial charge in [0.1, 0.15) is 0 Å². The molecule has 1 aliphatic rings. The summed E-state index contributed by atoms with van der Waals surface area (Å²) in [6.45, 7) is 3.27. The minimum Gasteiger partial charge on any atom is -0.369 e. The van der Waals surface area contributed by atoms with Gasteiger partial charge in [0, 0.05) is 11.6 Å². The number of likely N-dealkylation sites (tertiary alicyclic amines) is 1. The quantitative estimate of drug-likeness (QED) is 0.919. The summed E-state index contributed by atoms with van der Waals surface area (Å²) < 4.78 is 2.11. The number of halogens is 1. The molecular weight excluding hydrogens is 260 g/mol. The number of imidazole rings is 1. The first-order valence-electron chi connectivity index (χ1n) is 6.73. The van der Waals surface area contributed by atoms with Gasteiger partial charge in [-0.25, -0.2) is 4.98 Å². The van der Waals surface area contributed by atoms with Gasteiger partial charge in [0.25, 0.3) is 0 Å². The predicted octanol–water partition coefficient (Wildman–Crippen LogP) is 2.61. The maximum absolute atomic E-state index is 6.07. The summed E-state index contributed by atoms with van der Waals surface area (Å²) in [4.78, 5) is 6.78. The average Bonchev–Trinajstić information content (AvgIpc) is 2.69.